The predicted molar refractivity (Wildman–Crippen MR) is 78.9 cm³/mol. The summed E-state index contributed by atoms with van der Waals surface area (Å²) in [6, 6.07) is 3.41. The van der Waals surface area contributed by atoms with Crippen molar-refractivity contribution in [2.45, 2.75) is 52.4 Å². The van der Waals surface area contributed by atoms with Gasteiger partial charge in [0.05, 0.1) is 0 Å². The van der Waals surface area contributed by atoms with E-state index >= 15 is 0 Å². The first-order valence-corrected chi connectivity index (χ1v) is 6.86. The normalized spacial score (nSPS) is 14.4. The number of ether oxygens (including phenoxy) is 1. The van der Waals surface area contributed by atoms with E-state index in [1.54, 1.807) is 32.9 Å². The summed E-state index contributed by atoms with van der Waals surface area (Å²) in [6.07, 6.45) is -2.85. The highest BCUT2D eigenvalue weighted by atomic mass is 16.6. The molecule has 0 saturated heterocycles. The SMILES string of the molecule is Cc1cc(C(O)C(O)CNC(=O)OC(C)(C)C)cc(C)n1. The second-order valence-electron chi connectivity index (χ2n) is 6.08. The van der Waals surface area contributed by atoms with Crippen LogP contribution in [0.2, 0.25) is 0 Å². The molecule has 0 aromatic carbocycles. The molecule has 1 aromatic rings. The number of aromatic nitrogens is 1. The zero-order valence-electron chi connectivity index (χ0n) is 13.2. The van der Waals surface area contributed by atoms with Crippen LogP contribution >= 0.6 is 0 Å². The van der Waals surface area contributed by atoms with Crippen molar-refractivity contribution < 1.29 is 19.7 Å². The van der Waals surface area contributed by atoms with Crippen LogP contribution in [0.5, 0.6) is 0 Å². The van der Waals surface area contributed by atoms with Crippen molar-refractivity contribution >= 4 is 6.09 Å². The average Bonchev–Trinajstić information content (AvgIpc) is 2.31. The molecule has 6 heteroatoms. The van der Waals surface area contributed by atoms with Gasteiger partial charge in [0.2, 0.25) is 0 Å². The number of carbonyl (C=O) groups is 1. The molecular weight excluding hydrogens is 272 g/mol. The van der Waals surface area contributed by atoms with Crippen LogP contribution in [0.25, 0.3) is 0 Å². The zero-order chi connectivity index (χ0) is 16.2. The Hall–Kier alpha value is -1.66. The molecular formula is C15H24N2O4. The molecule has 1 amide bonds. The fourth-order valence-corrected chi connectivity index (χ4v) is 1.87. The molecule has 6 nitrogen and oxygen atoms in total. The maximum Gasteiger partial charge on any atom is 0.407 e. The first-order valence-electron chi connectivity index (χ1n) is 6.86. The van der Waals surface area contributed by atoms with Gasteiger partial charge in [0.25, 0.3) is 0 Å². The maximum absolute atomic E-state index is 11.5. The van der Waals surface area contributed by atoms with Crippen LogP contribution in [0.15, 0.2) is 12.1 Å². The third kappa shape index (κ3) is 6.10. The second kappa shape index (κ2) is 6.87. The quantitative estimate of drug-likeness (QED) is 0.785. The predicted octanol–water partition coefficient (Wildman–Crippen LogP) is 1.62. The molecule has 118 valence electrons. The van der Waals surface area contributed by atoms with Gasteiger partial charge in [-0.1, -0.05) is 0 Å². The van der Waals surface area contributed by atoms with E-state index in [9.17, 15) is 15.0 Å². The van der Waals surface area contributed by atoms with Crippen molar-refractivity contribution in [2.24, 2.45) is 0 Å². The van der Waals surface area contributed by atoms with Crippen molar-refractivity contribution in [2.75, 3.05) is 6.54 Å². The van der Waals surface area contributed by atoms with Gasteiger partial charge >= 0.3 is 6.09 Å². The van der Waals surface area contributed by atoms with E-state index in [1.807, 2.05) is 13.8 Å². The van der Waals surface area contributed by atoms with Crippen molar-refractivity contribution in [3.05, 3.63) is 29.1 Å². The third-order valence-electron chi connectivity index (χ3n) is 2.66. The zero-order valence-corrected chi connectivity index (χ0v) is 13.2. The van der Waals surface area contributed by atoms with Gasteiger partial charge in [-0.2, -0.15) is 0 Å². The average molecular weight is 296 g/mol. The highest BCUT2D eigenvalue weighted by Crippen LogP contribution is 2.18. The van der Waals surface area contributed by atoms with Gasteiger partial charge in [0.1, 0.15) is 17.8 Å². The summed E-state index contributed by atoms with van der Waals surface area (Å²) in [6.45, 7) is 8.78. The first kappa shape index (κ1) is 17.4. The Kier molecular flexibility index (Phi) is 5.69. The fourth-order valence-electron chi connectivity index (χ4n) is 1.87. The summed E-state index contributed by atoms with van der Waals surface area (Å²) in [5, 5.41) is 22.5. The number of rotatable bonds is 4. The Bertz CT molecular complexity index is 477. The van der Waals surface area contributed by atoms with Gasteiger partial charge in [-0.15, -0.1) is 0 Å². The molecule has 2 atom stereocenters. The lowest BCUT2D eigenvalue weighted by atomic mass is 10.0. The number of aryl methyl sites for hydroxylation is 2. The largest absolute Gasteiger partial charge is 0.444 e. The summed E-state index contributed by atoms with van der Waals surface area (Å²) in [7, 11) is 0. The molecule has 1 heterocycles. The number of aliphatic hydroxyl groups is 2. The fraction of sp³-hybridized carbons (Fsp3) is 0.600. The maximum atomic E-state index is 11.5. The topological polar surface area (TPSA) is 91.7 Å². The molecule has 0 aliphatic heterocycles. The molecule has 2 unspecified atom stereocenters. The molecule has 0 bridgehead atoms. The van der Waals surface area contributed by atoms with Crippen LogP contribution in [0.1, 0.15) is 43.8 Å². The molecule has 21 heavy (non-hydrogen) atoms. The number of hydrogen-bond donors (Lipinski definition) is 3. The van der Waals surface area contributed by atoms with E-state index in [-0.39, 0.29) is 6.54 Å². The van der Waals surface area contributed by atoms with E-state index in [0.29, 0.717) is 5.56 Å². The standard InChI is InChI=1S/C15H24N2O4/c1-9-6-11(7-10(2)17-9)13(19)12(18)8-16-14(20)21-15(3,4)5/h6-7,12-13,18-19H,8H2,1-5H3,(H,16,20). The minimum Gasteiger partial charge on any atom is -0.444 e. The Morgan fingerprint density at radius 3 is 2.29 bits per heavy atom. The number of carbonyl (C=O) groups excluding carboxylic acids is 1. The second-order valence-corrected chi connectivity index (χ2v) is 6.08. The van der Waals surface area contributed by atoms with Crippen LogP contribution in [0.3, 0.4) is 0 Å². The van der Waals surface area contributed by atoms with Crippen LogP contribution in [-0.2, 0) is 4.74 Å². The molecule has 0 aliphatic rings. The molecule has 3 N–H and O–H groups in total. The number of nitrogens with zero attached hydrogens (tertiary/aromatic N) is 1. The molecule has 1 aromatic heterocycles. The molecule has 0 radical (unpaired) electrons. The van der Waals surface area contributed by atoms with Crippen LogP contribution in [-0.4, -0.2) is 39.5 Å². The summed E-state index contributed by atoms with van der Waals surface area (Å²) >= 11 is 0. The van der Waals surface area contributed by atoms with E-state index in [2.05, 4.69) is 10.3 Å². The van der Waals surface area contributed by atoms with Gasteiger partial charge in [-0.05, 0) is 52.3 Å². The van der Waals surface area contributed by atoms with Crippen molar-refractivity contribution in [3.8, 4) is 0 Å². The molecule has 0 fully saturated rings. The number of aliphatic hydroxyl groups excluding tert-OH is 2. The smallest absolute Gasteiger partial charge is 0.407 e. The Morgan fingerprint density at radius 1 is 1.29 bits per heavy atom. The lowest BCUT2D eigenvalue weighted by Crippen LogP contribution is -2.38. The third-order valence-corrected chi connectivity index (χ3v) is 2.66. The Morgan fingerprint density at radius 2 is 1.81 bits per heavy atom. The Labute approximate surface area is 125 Å². The number of hydrogen-bond acceptors (Lipinski definition) is 5. The van der Waals surface area contributed by atoms with Gasteiger partial charge < -0.3 is 20.3 Å². The monoisotopic (exact) mass is 296 g/mol. The van der Waals surface area contributed by atoms with Crippen LogP contribution < -0.4 is 5.32 Å². The number of nitrogens with one attached hydrogen (secondary N) is 1. The van der Waals surface area contributed by atoms with E-state index < -0.39 is 23.9 Å². The lowest BCUT2D eigenvalue weighted by molar-refractivity contribution is 0.0128. The highest BCUT2D eigenvalue weighted by Gasteiger charge is 2.21. The Balaban J connectivity index is 2.58. The number of amides is 1. The molecule has 0 saturated carbocycles. The molecule has 0 aliphatic carbocycles. The van der Waals surface area contributed by atoms with Crippen LogP contribution in [0.4, 0.5) is 4.79 Å². The van der Waals surface area contributed by atoms with Gasteiger partial charge in [-0.25, -0.2) is 4.79 Å². The van der Waals surface area contributed by atoms with E-state index in [0.717, 1.165) is 11.4 Å². The minimum absolute atomic E-state index is 0.101. The van der Waals surface area contributed by atoms with Crippen molar-refractivity contribution in [3.63, 3.8) is 0 Å². The van der Waals surface area contributed by atoms with Gasteiger partial charge in [0.15, 0.2) is 0 Å². The minimum atomic E-state index is -1.13. The summed E-state index contributed by atoms with van der Waals surface area (Å²) in [5.74, 6) is 0. The lowest BCUT2D eigenvalue weighted by Gasteiger charge is -2.22. The number of pyridine rings is 1. The van der Waals surface area contributed by atoms with E-state index in [4.69, 9.17) is 4.74 Å². The summed E-state index contributed by atoms with van der Waals surface area (Å²) < 4.78 is 5.06. The van der Waals surface area contributed by atoms with Gasteiger partial charge in [-0.3, -0.25) is 4.98 Å². The highest BCUT2D eigenvalue weighted by molar-refractivity contribution is 5.67. The number of alkyl carbamates (subject to hydrolysis) is 1. The summed E-state index contributed by atoms with van der Waals surface area (Å²) in [4.78, 5) is 15.7. The molecule has 1 rings (SSSR count). The van der Waals surface area contributed by atoms with Crippen molar-refractivity contribution in [1.29, 1.82) is 0 Å². The van der Waals surface area contributed by atoms with Gasteiger partial charge in [0, 0.05) is 17.9 Å². The molecule has 0 spiro atoms. The van der Waals surface area contributed by atoms with Crippen molar-refractivity contribution in [1.82, 2.24) is 10.3 Å². The summed E-state index contributed by atoms with van der Waals surface area (Å²) in [5.41, 5.74) is 1.48. The van der Waals surface area contributed by atoms with E-state index in [1.165, 1.54) is 0 Å². The first-order chi connectivity index (χ1) is 9.58. The van der Waals surface area contributed by atoms with Crippen LogP contribution in [0, 0.1) is 13.8 Å².